The Morgan fingerprint density at radius 1 is 1.04 bits per heavy atom. The Morgan fingerprint density at radius 3 is 2.07 bits per heavy atom. The van der Waals surface area contributed by atoms with Crippen molar-refractivity contribution in [1.29, 1.82) is 0 Å². The van der Waals surface area contributed by atoms with Crippen LogP contribution in [0, 0.1) is 5.41 Å². The molecule has 0 saturated heterocycles. The van der Waals surface area contributed by atoms with Crippen LogP contribution in [0.1, 0.15) is 31.4 Å². The van der Waals surface area contributed by atoms with Crippen LogP contribution < -0.4 is 0 Å². The van der Waals surface area contributed by atoms with E-state index in [0.29, 0.717) is 6.54 Å². The van der Waals surface area contributed by atoms with Gasteiger partial charge in [-0.2, -0.15) is 0 Å². The Labute approximate surface area is 162 Å². The van der Waals surface area contributed by atoms with E-state index in [4.69, 9.17) is 0 Å². The van der Waals surface area contributed by atoms with Gasteiger partial charge < -0.3 is 4.90 Å². The van der Waals surface area contributed by atoms with Gasteiger partial charge in [0.15, 0.2) is 9.84 Å². The van der Waals surface area contributed by atoms with Crippen molar-refractivity contribution < 1.29 is 13.2 Å². The van der Waals surface area contributed by atoms with E-state index in [-0.39, 0.29) is 28.1 Å². The van der Waals surface area contributed by atoms with Gasteiger partial charge in [-0.3, -0.25) is 4.79 Å². The highest BCUT2D eigenvalue weighted by Crippen LogP contribution is 2.64. The summed E-state index contributed by atoms with van der Waals surface area (Å²) in [5, 5.41) is 0. The number of nitrogens with zero attached hydrogens (tertiary/aromatic N) is 1. The third-order valence-corrected chi connectivity index (χ3v) is 7.01. The summed E-state index contributed by atoms with van der Waals surface area (Å²) in [6, 6.07) is 17.0. The molecule has 5 heteroatoms. The normalized spacial score (nSPS) is 20.9. The maximum atomic E-state index is 12.7. The third kappa shape index (κ3) is 3.93. The number of carbonyl (C=O) groups is 1. The van der Waals surface area contributed by atoms with Crippen LogP contribution in [0.15, 0.2) is 59.5 Å². The third-order valence-electron chi connectivity index (χ3n) is 5.88. The van der Waals surface area contributed by atoms with Crippen molar-refractivity contribution in [2.75, 3.05) is 19.8 Å². The first-order valence-electron chi connectivity index (χ1n) is 9.14. The quantitative estimate of drug-likeness (QED) is 0.765. The second-order valence-corrected chi connectivity index (χ2v) is 10.4. The Balaban J connectivity index is 1.71. The molecular formula is C22H27NO3S. The number of amides is 1. The number of sulfone groups is 1. The molecule has 1 fully saturated rings. The summed E-state index contributed by atoms with van der Waals surface area (Å²) < 4.78 is 23.1. The molecule has 0 radical (unpaired) electrons. The summed E-state index contributed by atoms with van der Waals surface area (Å²) in [5.74, 6) is 0.0418. The van der Waals surface area contributed by atoms with Gasteiger partial charge in [-0.15, -0.1) is 0 Å². The Morgan fingerprint density at radius 2 is 1.59 bits per heavy atom. The summed E-state index contributed by atoms with van der Waals surface area (Å²) in [6.07, 6.45) is 2.51. The van der Waals surface area contributed by atoms with Gasteiger partial charge in [0.1, 0.15) is 0 Å². The lowest BCUT2D eigenvalue weighted by atomic mass is 9.87. The first-order valence-corrected chi connectivity index (χ1v) is 11.0. The molecule has 1 atom stereocenters. The van der Waals surface area contributed by atoms with Crippen LogP contribution >= 0.6 is 0 Å². The topological polar surface area (TPSA) is 54.5 Å². The molecule has 144 valence electrons. The number of likely N-dealkylation sites (N-methyl/N-ethyl adjacent to an activating group) is 1. The molecule has 1 unspecified atom stereocenters. The standard InChI is InChI=1S/C22H27NO3S/c1-21(2)15-22(21,18-8-6-5-7-9-18)16-23(3)20(24)14-17-10-12-19(13-11-17)27(4,25)26/h5-13H,14-16H2,1-4H3. The van der Waals surface area contributed by atoms with Gasteiger partial charge in [-0.05, 0) is 35.1 Å². The number of hydrogen-bond donors (Lipinski definition) is 0. The molecule has 0 heterocycles. The molecule has 0 aliphatic heterocycles. The monoisotopic (exact) mass is 385 g/mol. The lowest BCUT2D eigenvalue weighted by molar-refractivity contribution is -0.129. The smallest absolute Gasteiger partial charge is 0.226 e. The van der Waals surface area contributed by atoms with Crippen molar-refractivity contribution in [1.82, 2.24) is 4.90 Å². The highest BCUT2D eigenvalue weighted by Gasteiger charge is 2.62. The Kier molecular flexibility index (Phi) is 4.93. The van der Waals surface area contributed by atoms with E-state index in [1.54, 1.807) is 24.3 Å². The zero-order valence-corrected chi connectivity index (χ0v) is 17.2. The molecule has 2 aromatic rings. The van der Waals surface area contributed by atoms with E-state index in [0.717, 1.165) is 12.0 Å². The Bertz CT molecular complexity index is 933. The fraction of sp³-hybridized carbons (Fsp3) is 0.409. The molecule has 1 aliphatic carbocycles. The van der Waals surface area contributed by atoms with Crippen LogP contribution in [-0.4, -0.2) is 39.1 Å². The van der Waals surface area contributed by atoms with E-state index >= 15 is 0 Å². The van der Waals surface area contributed by atoms with Crippen molar-refractivity contribution in [2.24, 2.45) is 5.41 Å². The zero-order valence-electron chi connectivity index (χ0n) is 16.4. The summed E-state index contributed by atoms with van der Waals surface area (Å²) in [4.78, 5) is 14.8. The highest BCUT2D eigenvalue weighted by molar-refractivity contribution is 7.90. The van der Waals surface area contributed by atoms with E-state index in [1.165, 1.54) is 11.8 Å². The Hall–Kier alpha value is -2.14. The molecule has 4 nitrogen and oxygen atoms in total. The van der Waals surface area contributed by atoms with Crippen LogP contribution in [-0.2, 0) is 26.5 Å². The van der Waals surface area contributed by atoms with Gasteiger partial charge >= 0.3 is 0 Å². The largest absolute Gasteiger partial charge is 0.345 e. The van der Waals surface area contributed by atoms with E-state index in [1.807, 2.05) is 18.0 Å². The minimum absolute atomic E-state index is 0.00117. The summed E-state index contributed by atoms with van der Waals surface area (Å²) in [7, 11) is -1.37. The maximum absolute atomic E-state index is 12.7. The van der Waals surface area contributed by atoms with E-state index in [2.05, 4.69) is 38.1 Å². The molecule has 0 aromatic heterocycles. The van der Waals surface area contributed by atoms with Crippen LogP contribution in [0.4, 0.5) is 0 Å². The summed E-state index contributed by atoms with van der Waals surface area (Å²) in [6.45, 7) is 5.19. The van der Waals surface area contributed by atoms with Crippen LogP contribution in [0.5, 0.6) is 0 Å². The number of rotatable bonds is 6. The fourth-order valence-corrected chi connectivity index (χ4v) is 4.61. The molecule has 1 amide bonds. The first-order chi connectivity index (χ1) is 12.6. The molecule has 2 aromatic carbocycles. The molecule has 0 spiro atoms. The minimum Gasteiger partial charge on any atom is -0.345 e. The SMILES string of the molecule is CN(CC1(c2ccccc2)CC1(C)C)C(=O)Cc1ccc(S(C)(=O)=O)cc1. The molecule has 0 bridgehead atoms. The molecule has 1 saturated carbocycles. The maximum Gasteiger partial charge on any atom is 0.226 e. The second-order valence-electron chi connectivity index (χ2n) is 8.35. The number of hydrogen-bond acceptors (Lipinski definition) is 3. The summed E-state index contributed by atoms with van der Waals surface area (Å²) >= 11 is 0. The lowest BCUT2D eigenvalue weighted by Crippen LogP contribution is -2.37. The van der Waals surface area contributed by atoms with Gasteiger partial charge in [-0.25, -0.2) is 8.42 Å². The van der Waals surface area contributed by atoms with E-state index in [9.17, 15) is 13.2 Å². The molecular weight excluding hydrogens is 358 g/mol. The number of carbonyl (C=O) groups excluding carboxylic acids is 1. The minimum atomic E-state index is -3.22. The van der Waals surface area contributed by atoms with Crippen LogP contribution in [0.25, 0.3) is 0 Å². The molecule has 1 aliphatic rings. The van der Waals surface area contributed by atoms with Crippen molar-refractivity contribution in [2.45, 2.75) is 37.0 Å². The fourth-order valence-electron chi connectivity index (χ4n) is 3.98. The first kappa shape index (κ1) is 19.6. The van der Waals surface area contributed by atoms with Crippen molar-refractivity contribution in [3.05, 3.63) is 65.7 Å². The van der Waals surface area contributed by atoms with Crippen molar-refractivity contribution in [3.63, 3.8) is 0 Å². The van der Waals surface area contributed by atoms with E-state index < -0.39 is 9.84 Å². The molecule has 27 heavy (non-hydrogen) atoms. The van der Waals surface area contributed by atoms with Crippen LogP contribution in [0.2, 0.25) is 0 Å². The van der Waals surface area contributed by atoms with Gasteiger partial charge in [0.05, 0.1) is 11.3 Å². The predicted molar refractivity (Wildman–Crippen MR) is 107 cm³/mol. The van der Waals surface area contributed by atoms with Gasteiger partial charge in [0.25, 0.3) is 0 Å². The average Bonchev–Trinajstić information content (AvgIpc) is 3.17. The van der Waals surface area contributed by atoms with Gasteiger partial charge in [0.2, 0.25) is 5.91 Å². The zero-order chi connectivity index (χ0) is 19.9. The molecule has 0 N–H and O–H groups in total. The van der Waals surface area contributed by atoms with Gasteiger partial charge in [-0.1, -0.05) is 56.3 Å². The average molecular weight is 386 g/mol. The summed E-state index contributed by atoms with van der Waals surface area (Å²) in [5.41, 5.74) is 2.27. The van der Waals surface area contributed by atoms with Crippen molar-refractivity contribution >= 4 is 15.7 Å². The highest BCUT2D eigenvalue weighted by atomic mass is 32.2. The molecule has 3 rings (SSSR count). The van der Waals surface area contributed by atoms with Crippen LogP contribution in [0.3, 0.4) is 0 Å². The number of benzene rings is 2. The van der Waals surface area contributed by atoms with Crippen molar-refractivity contribution in [3.8, 4) is 0 Å². The second kappa shape index (κ2) is 6.79. The predicted octanol–water partition coefficient (Wildman–Crippen LogP) is 3.46. The lowest BCUT2D eigenvalue weighted by Gasteiger charge is -2.28. The van der Waals surface area contributed by atoms with Gasteiger partial charge in [0, 0.05) is 25.3 Å².